The fourth-order valence-electron chi connectivity index (χ4n) is 1.15. The molecule has 0 amide bonds. The number of benzene rings is 1. The van der Waals surface area contributed by atoms with Crippen molar-refractivity contribution < 1.29 is 14.6 Å². The van der Waals surface area contributed by atoms with Gasteiger partial charge in [0, 0.05) is 17.5 Å². The van der Waals surface area contributed by atoms with Gasteiger partial charge in [0.15, 0.2) is 11.5 Å². The van der Waals surface area contributed by atoms with E-state index in [-0.39, 0.29) is 18.0 Å². The number of hydrogen-bond donors (Lipinski definition) is 1. The van der Waals surface area contributed by atoms with Crippen LogP contribution in [0, 0.1) is 0 Å². The van der Waals surface area contributed by atoms with Crippen molar-refractivity contribution in [3.63, 3.8) is 0 Å². The molecule has 0 saturated heterocycles. The summed E-state index contributed by atoms with van der Waals surface area (Å²) in [5.41, 5.74) is 0.661. The minimum atomic E-state index is -0.0233. The quantitative estimate of drug-likeness (QED) is 0.839. The van der Waals surface area contributed by atoms with Crippen LogP contribution in [0.1, 0.15) is 12.5 Å². The molecule has 0 bridgehead atoms. The Bertz CT molecular complexity index is 361. The summed E-state index contributed by atoms with van der Waals surface area (Å²) >= 11 is 5.83. The van der Waals surface area contributed by atoms with Crippen molar-refractivity contribution in [3.8, 4) is 11.5 Å². The van der Waals surface area contributed by atoms with Crippen molar-refractivity contribution in [2.24, 2.45) is 0 Å². The molecule has 0 radical (unpaired) electrons. The summed E-state index contributed by atoms with van der Waals surface area (Å²) in [5, 5.41) is 9.73. The van der Waals surface area contributed by atoms with Crippen LogP contribution in [0.15, 0.2) is 12.1 Å². The Morgan fingerprint density at radius 3 is 2.71 bits per heavy atom. The minimum Gasteiger partial charge on any atom is -0.504 e. The second-order valence-corrected chi connectivity index (χ2v) is 3.40. The number of methoxy groups -OCH3 is 1. The van der Waals surface area contributed by atoms with Crippen LogP contribution < -0.4 is 4.74 Å². The van der Waals surface area contributed by atoms with Crippen LogP contribution in [0.4, 0.5) is 0 Å². The lowest BCUT2D eigenvalue weighted by Gasteiger charge is -2.07. The van der Waals surface area contributed by atoms with Crippen LogP contribution >= 0.6 is 11.6 Å². The first-order chi connectivity index (χ1) is 6.54. The highest BCUT2D eigenvalue weighted by Gasteiger charge is 2.09. The first-order valence-corrected chi connectivity index (χ1v) is 4.47. The molecular formula is C10H11ClO3. The summed E-state index contributed by atoms with van der Waals surface area (Å²) in [6, 6.07) is 2.94. The molecule has 0 unspecified atom stereocenters. The molecule has 0 aliphatic heterocycles. The lowest BCUT2D eigenvalue weighted by atomic mass is 10.1. The zero-order chi connectivity index (χ0) is 10.7. The molecular weight excluding hydrogens is 204 g/mol. The van der Waals surface area contributed by atoms with Gasteiger partial charge in [-0.1, -0.05) is 11.6 Å². The predicted molar refractivity (Wildman–Crippen MR) is 54.1 cm³/mol. The lowest BCUT2D eigenvalue weighted by Crippen LogP contribution is -1.98. The SMILES string of the molecule is COc1cc(CC(C)=O)c(Cl)cc1O. The maximum absolute atomic E-state index is 10.9. The zero-order valence-electron chi connectivity index (χ0n) is 8.00. The van der Waals surface area contributed by atoms with E-state index in [2.05, 4.69) is 0 Å². The van der Waals surface area contributed by atoms with Gasteiger partial charge in [-0.15, -0.1) is 0 Å². The summed E-state index contributed by atoms with van der Waals surface area (Å²) in [7, 11) is 1.44. The highest BCUT2D eigenvalue weighted by atomic mass is 35.5. The van der Waals surface area contributed by atoms with Crippen molar-refractivity contribution in [1.82, 2.24) is 0 Å². The highest BCUT2D eigenvalue weighted by molar-refractivity contribution is 6.31. The summed E-state index contributed by atoms with van der Waals surface area (Å²) < 4.78 is 4.90. The monoisotopic (exact) mass is 214 g/mol. The van der Waals surface area contributed by atoms with Crippen LogP contribution in [-0.2, 0) is 11.2 Å². The van der Waals surface area contributed by atoms with E-state index < -0.39 is 0 Å². The minimum absolute atomic E-state index is 0.0136. The third kappa shape index (κ3) is 2.39. The molecule has 0 aliphatic carbocycles. The average Bonchev–Trinajstić information content (AvgIpc) is 2.09. The fraction of sp³-hybridized carbons (Fsp3) is 0.300. The Kier molecular flexibility index (Phi) is 3.36. The van der Waals surface area contributed by atoms with Crippen molar-refractivity contribution in [3.05, 3.63) is 22.7 Å². The summed E-state index contributed by atoms with van der Waals surface area (Å²) in [4.78, 5) is 10.9. The van der Waals surface area contributed by atoms with Gasteiger partial charge in [0.25, 0.3) is 0 Å². The van der Waals surface area contributed by atoms with Crippen LogP contribution in [-0.4, -0.2) is 18.0 Å². The number of phenolic OH excluding ortho intramolecular Hbond substituents is 1. The van der Waals surface area contributed by atoms with Gasteiger partial charge in [0.2, 0.25) is 0 Å². The van der Waals surface area contributed by atoms with Gasteiger partial charge < -0.3 is 9.84 Å². The molecule has 1 rings (SSSR count). The fourth-order valence-corrected chi connectivity index (χ4v) is 1.38. The molecule has 1 aromatic carbocycles. The maximum Gasteiger partial charge on any atom is 0.160 e. The van der Waals surface area contributed by atoms with E-state index in [1.807, 2.05) is 0 Å². The summed E-state index contributed by atoms with van der Waals surface area (Å²) in [5.74, 6) is 0.315. The van der Waals surface area contributed by atoms with Crippen molar-refractivity contribution in [2.75, 3.05) is 7.11 Å². The number of hydrogen-bond acceptors (Lipinski definition) is 3. The van der Waals surface area contributed by atoms with E-state index in [9.17, 15) is 9.90 Å². The molecule has 0 aromatic heterocycles. The maximum atomic E-state index is 10.9. The van der Waals surface area contributed by atoms with Gasteiger partial charge in [-0.3, -0.25) is 4.79 Å². The van der Waals surface area contributed by atoms with Gasteiger partial charge in [0.05, 0.1) is 7.11 Å². The molecule has 0 fully saturated rings. The first-order valence-electron chi connectivity index (χ1n) is 4.09. The number of phenols is 1. The van der Waals surface area contributed by atoms with Gasteiger partial charge in [-0.25, -0.2) is 0 Å². The van der Waals surface area contributed by atoms with Crippen molar-refractivity contribution in [2.45, 2.75) is 13.3 Å². The second kappa shape index (κ2) is 4.33. The Hall–Kier alpha value is -1.22. The molecule has 3 nitrogen and oxygen atoms in total. The van der Waals surface area contributed by atoms with E-state index in [4.69, 9.17) is 16.3 Å². The van der Waals surface area contributed by atoms with Crippen LogP contribution in [0.5, 0.6) is 11.5 Å². The van der Waals surface area contributed by atoms with Crippen molar-refractivity contribution >= 4 is 17.4 Å². The molecule has 76 valence electrons. The van der Waals surface area contributed by atoms with Gasteiger partial charge >= 0.3 is 0 Å². The zero-order valence-corrected chi connectivity index (χ0v) is 8.76. The van der Waals surface area contributed by atoms with E-state index in [1.165, 1.54) is 20.1 Å². The number of ether oxygens (including phenoxy) is 1. The molecule has 0 atom stereocenters. The van der Waals surface area contributed by atoms with E-state index in [0.717, 1.165) is 0 Å². The van der Waals surface area contributed by atoms with Gasteiger partial charge in [-0.05, 0) is 18.6 Å². The molecule has 0 spiro atoms. The van der Waals surface area contributed by atoms with Gasteiger partial charge in [0.1, 0.15) is 5.78 Å². The Balaban J connectivity index is 3.10. The topological polar surface area (TPSA) is 46.5 Å². The molecule has 0 aliphatic rings. The average molecular weight is 215 g/mol. The summed E-state index contributed by atoms with van der Waals surface area (Å²) in [6.07, 6.45) is 0.246. The smallest absolute Gasteiger partial charge is 0.160 e. The van der Waals surface area contributed by atoms with Gasteiger partial charge in [-0.2, -0.15) is 0 Å². The molecule has 14 heavy (non-hydrogen) atoms. The lowest BCUT2D eigenvalue weighted by molar-refractivity contribution is -0.116. The van der Waals surface area contributed by atoms with Crippen molar-refractivity contribution in [1.29, 1.82) is 0 Å². The predicted octanol–water partition coefficient (Wildman–Crippen LogP) is 2.19. The molecule has 1 aromatic rings. The number of Topliss-reactive ketones (excluding diaryl/α,β-unsaturated/α-hetero) is 1. The standard InChI is InChI=1S/C10H11ClO3/c1-6(12)3-7-4-10(14-2)9(13)5-8(7)11/h4-5,13H,3H2,1-2H3. The van der Waals surface area contributed by atoms with E-state index in [1.54, 1.807) is 6.07 Å². The third-order valence-electron chi connectivity index (χ3n) is 1.79. The largest absolute Gasteiger partial charge is 0.504 e. The molecule has 1 N–H and O–H groups in total. The Morgan fingerprint density at radius 2 is 2.21 bits per heavy atom. The number of carbonyl (C=O) groups is 1. The number of ketones is 1. The van der Waals surface area contributed by atoms with Crippen LogP contribution in [0.2, 0.25) is 5.02 Å². The number of rotatable bonds is 3. The highest BCUT2D eigenvalue weighted by Crippen LogP contribution is 2.32. The molecule has 4 heteroatoms. The van der Waals surface area contributed by atoms with E-state index in [0.29, 0.717) is 16.3 Å². The van der Waals surface area contributed by atoms with E-state index >= 15 is 0 Å². The number of halogens is 1. The summed E-state index contributed by atoms with van der Waals surface area (Å²) in [6.45, 7) is 1.48. The van der Waals surface area contributed by atoms with Crippen LogP contribution in [0.3, 0.4) is 0 Å². The molecule has 0 heterocycles. The number of aromatic hydroxyl groups is 1. The molecule has 0 saturated carbocycles. The number of carbonyl (C=O) groups excluding carboxylic acids is 1. The Morgan fingerprint density at radius 1 is 1.57 bits per heavy atom. The normalized spacial score (nSPS) is 9.93. The first kappa shape index (κ1) is 10.9. The third-order valence-corrected chi connectivity index (χ3v) is 2.14. The second-order valence-electron chi connectivity index (χ2n) is 2.99. The Labute approximate surface area is 87.3 Å². The van der Waals surface area contributed by atoms with Crippen LogP contribution in [0.25, 0.3) is 0 Å².